The van der Waals surface area contributed by atoms with Gasteiger partial charge < -0.3 is 0 Å². The summed E-state index contributed by atoms with van der Waals surface area (Å²) in [6, 6.07) is 26.8. The molecule has 4 aromatic carbocycles. The van der Waals surface area contributed by atoms with Crippen LogP contribution < -0.4 is 0 Å². The average Bonchev–Trinajstić information content (AvgIpc) is 3.10. The highest BCUT2D eigenvalue weighted by atomic mass is 32.1. The van der Waals surface area contributed by atoms with E-state index >= 15 is 0 Å². The van der Waals surface area contributed by atoms with E-state index < -0.39 is 0 Å². The molecule has 0 saturated heterocycles. The van der Waals surface area contributed by atoms with Crippen LogP contribution >= 0.6 is 11.3 Å². The summed E-state index contributed by atoms with van der Waals surface area (Å²) >= 11 is 1.91. The number of rotatable bonds is 2. The minimum atomic E-state index is 1.32. The number of thiophene rings is 1. The second kappa shape index (κ2) is 6.86. The molecule has 0 amide bonds. The summed E-state index contributed by atoms with van der Waals surface area (Å²) in [6.07, 6.45) is 0. The van der Waals surface area contributed by atoms with Crippen molar-refractivity contribution in [2.45, 2.75) is 27.7 Å². The molecule has 142 valence electrons. The van der Waals surface area contributed by atoms with Gasteiger partial charge in [0.1, 0.15) is 0 Å². The number of hydrogen-bond donors (Lipinski definition) is 0. The molecule has 0 saturated carbocycles. The van der Waals surface area contributed by atoms with Gasteiger partial charge in [0.05, 0.1) is 0 Å². The minimum absolute atomic E-state index is 1.32. The fourth-order valence-electron chi connectivity index (χ4n) is 4.52. The van der Waals surface area contributed by atoms with Crippen LogP contribution in [0.15, 0.2) is 72.8 Å². The van der Waals surface area contributed by atoms with Crippen molar-refractivity contribution in [3.63, 3.8) is 0 Å². The Morgan fingerprint density at radius 2 is 1.21 bits per heavy atom. The van der Waals surface area contributed by atoms with Gasteiger partial charge in [-0.2, -0.15) is 0 Å². The van der Waals surface area contributed by atoms with Crippen LogP contribution in [0.2, 0.25) is 0 Å². The predicted octanol–water partition coefficient (Wildman–Crippen LogP) is 8.62. The third-order valence-electron chi connectivity index (χ3n) is 6.09. The molecule has 0 N–H and O–H groups in total. The number of fused-ring (bicyclic) bond motifs is 3. The van der Waals surface area contributed by atoms with Crippen molar-refractivity contribution in [2.75, 3.05) is 0 Å². The lowest BCUT2D eigenvalue weighted by Gasteiger charge is -2.16. The highest BCUT2D eigenvalue weighted by Gasteiger charge is 2.15. The lowest BCUT2D eigenvalue weighted by Crippen LogP contribution is -1.93. The molecule has 0 unspecified atom stereocenters. The predicted molar refractivity (Wildman–Crippen MR) is 129 cm³/mol. The monoisotopic (exact) mass is 392 g/mol. The summed E-state index contributed by atoms with van der Waals surface area (Å²) in [5.74, 6) is 0. The molecular formula is C28H24S. The molecule has 1 aromatic heterocycles. The zero-order valence-corrected chi connectivity index (χ0v) is 18.2. The molecule has 0 atom stereocenters. The Kier molecular flexibility index (Phi) is 4.29. The van der Waals surface area contributed by atoms with Crippen LogP contribution in [0.3, 0.4) is 0 Å². The Morgan fingerprint density at radius 3 is 2.00 bits per heavy atom. The van der Waals surface area contributed by atoms with Gasteiger partial charge in [-0.05, 0) is 84.3 Å². The van der Waals surface area contributed by atoms with Crippen molar-refractivity contribution in [3.8, 4) is 22.3 Å². The molecule has 5 aromatic rings. The second-order valence-electron chi connectivity index (χ2n) is 8.01. The summed E-state index contributed by atoms with van der Waals surface area (Å²) in [6.45, 7) is 8.93. The topological polar surface area (TPSA) is 0 Å². The summed E-state index contributed by atoms with van der Waals surface area (Å²) in [5.41, 5.74) is 10.7. The maximum atomic E-state index is 2.40. The Hall–Kier alpha value is -2.90. The SMILES string of the molecule is Cc1ccccc1-c1cc(-c2ccc3c(sc4ccccc43)c2C)c(C)cc1C. The van der Waals surface area contributed by atoms with Gasteiger partial charge in [-0.3, -0.25) is 0 Å². The van der Waals surface area contributed by atoms with E-state index in [1.807, 2.05) is 11.3 Å². The van der Waals surface area contributed by atoms with Crippen LogP contribution in [-0.2, 0) is 0 Å². The smallest absolute Gasteiger partial charge is 0.0390 e. The number of aryl methyl sites for hydroxylation is 4. The van der Waals surface area contributed by atoms with Gasteiger partial charge in [-0.15, -0.1) is 11.3 Å². The van der Waals surface area contributed by atoms with E-state index in [0.717, 1.165) is 0 Å². The summed E-state index contributed by atoms with van der Waals surface area (Å²) < 4.78 is 2.77. The normalized spacial score (nSPS) is 11.4. The zero-order valence-electron chi connectivity index (χ0n) is 17.3. The third-order valence-corrected chi connectivity index (χ3v) is 7.40. The van der Waals surface area contributed by atoms with Crippen LogP contribution in [0.5, 0.6) is 0 Å². The molecule has 0 aliphatic heterocycles. The fraction of sp³-hybridized carbons (Fsp3) is 0.143. The average molecular weight is 393 g/mol. The Labute approximate surface area is 176 Å². The molecule has 0 fully saturated rings. The first-order chi connectivity index (χ1) is 14.0. The van der Waals surface area contributed by atoms with Gasteiger partial charge in [-0.1, -0.05) is 60.7 Å². The quantitative estimate of drug-likeness (QED) is 0.282. The largest absolute Gasteiger partial charge is 0.135 e. The standard InChI is InChI=1S/C28H24S/c1-17-9-5-6-10-21(17)25-16-26(19(3)15-18(25)2)22-13-14-24-23-11-7-8-12-27(23)29-28(24)20(22)4/h5-16H,1-4H3. The molecule has 0 aliphatic rings. The highest BCUT2D eigenvalue weighted by Crippen LogP contribution is 2.41. The highest BCUT2D eigenvalue weighted by molar-refractivity contribution is 7.26. The van der Waals surface area contributed by atoms with E-state index in [1.165, 1.54) is 64.7 Å². The van der Waals surface area contributed by atoms with Crippen LogP contribution in [0.1, 0.15) is 22.3 Å². The van der Waals surface area contributed by atoms with E-state index in [0.29, 0.717) is 0 Å². The van der Waals surface area contributed by atoms with E-state index in [4.69, 9.17) is 0 Å². The first kappa shape index (κ1) is 18.1. The second-order valence-corrected chi connectivity index (χ2v) is 9.06. The number of benzene rings is 4. The van der Waals surface area contributed by atoms with E-state index in [-0.39, 0.29) is 0 Å². The molecule has 0 bridgehead atoms. The molecule has 5 rings (SSSR count). The van der Waals surface area contributed by atoms with Crippen molar-refractivity contribution >= 4 is 31.5 Å². The van der Waals surface area contributed by atoms with Gasteiger partial charge >= 0.3 is 0 Å². The minimum Gasteiger partial charge on any atom is -0.135 e. The molecule has 1 heterocycles. The fourth-order valence-corrected chi connectivity index (χ4v) is 5.73. The van der Waals surface area contributed by atoms with Gasteiger partial charge in [0, 0.05) is 20.2 Å². The van der Waals surface area contributed by atoms with E-state index in [1.54, 1.807) is 0 Å². The van der Waals surface area contributed by atoms with Gasteiger partial charge in [0.15, 0.2) is 0 Å². The summed E-state index contributed by atoms with van der Waals surface area (Å²) in [4.78, 5) is 0. The van der Waals surface area contributed by atoms with Gasteiger partial charge in [0.25, 0.3) is 0 Å². The molecule has 0 radical (unpaired) electrons. The first-order valence-corrected chi connectivity index (χ1v) is 10.9. The van der Waals surface area contributed by atoms with E-state index in [9.17, 15) is 0 Å². The van der Waals surface area contributed by atoms with Gasteiger partial charge in [-0.25, -0.2) is 0 Å². The molecule has 29 heavy (non-hydrogen) atoms. The third kappa shape index (κ3) is 2.89. The maximum Gasteiger partial charge on any atom is 0.0390 e. The summed E-state index contributed by atoms with van der Waals surface area (Å²) in [5, 5.41) is 2.74. The van der Waals surface area contributed by atoms with Crippen molar-refractivity contribution in [3.05, 3.63) is 95.1 Å². The number of hydrogen-bond acceptors (Lipinski definition) is 1. The maximum absolute atomic E-state index is 2.40. The lowest BCUT2D eigenvalue weighted by atomic mass is 9.88. The molecule has 0 aliphatic carbocycles. The Balaban J connectivity index is 1.76. The zero-order chi connectivity index (χ0) is 20.1. The Morgan fingerprint density at radius 1 is 0.517 bits per heavy atom. The van der Waals surface area contributed by atoms with Crippen LogP contribution in [0, 0.1) is 27.7 Å². The van der Waals surface area contributed by atoms with Crippen molar-refractivity contribution in [1.29, 1.82) is 0 Å². The van der Waals surface area contributed by atoms with Crippen molar-refractivity contribution in [1.82, 2.24) is 0 Å². The van der Waals surface area contributed by atoms with Gasteiger partial charge in [0.2, 0.25) is 0 Å². The van der Waals surface area contributed by atoms with Crippen molar-refractivity contribution in [2.24, 2.45) is 0 Å². The first-order valence-electron chi connectivity index (χ1n) is 10.1. The summed E-state index contributed by atoms with van der Waals surface area (Å²) in [7, 11) is 0. The van der Waals surface area contributed by atoms with Crippen LogP contribution in [-0.4, -0.2) is 0 Å². The molecular weight excluding hydrogens is 368 g/mol. The lowest BCUT2D eigenvalue weighted by molar-refractivity contribution is 1.35. The molecule has 0 spiro atoms. The van der Waals surface area contributed by atoms with Crippen LogP contribution in [0.25, 0.3) is 42.4 Å². The van der Waals surface area contributed by atoms with Crippen molar-refractivity contribution < 1.29 is 0 Å². The van der Waals surface area contributed by atoms with E-state index in [2.05, 4.69) is 100 Å². The molecule has 1 heteroatoms. The van der Waals surface area contributed by atoms with Crippen LogP contribution in [0.4, 0.5) is 0 Å². The molecule has 0 nitrogen and oxygen atoms in total. The Bertz CT molecular complexity index is 1380.